The minimum atomic E-state index is -0.0381. The number of amides is 1. The Labute approximate surface area is 115 Å². The molecule has 18 heavy (non-hydrogen) atoms. The number of nitrogens with zero attached hydrogens (tertiary/aromatic N) is 1. The molecule has 1 aromatic heterocycles. The van der Waals surface area contributed by atoms with E-state index in [4.69, 9.17) is 23.8 Å². The molecule has 2 aromatic rings. The number of hydrogen-bond acceptors (Lipinski definition) is 2. The van der Waals surface area contributed by atoms with E-state index in [-0.39, 0.29) is 12.5 Å². The third kappa shape index (κ3) is 2.73. The van der Waals surface area contributed by atoms with E-state index in [1.54, 1.807) is 16.7 Å². The first-order valence-corrected chi connectivity index (χ1v) is 6.55. The van der Waals surface area contributed by atoms with Crippen molar-refractivity contribution in [1.82, 2.24) is 14.9 Å². The first-order chi connectivity index (χ1) is 8.61. The number of H-pyrrole nitrogens is 1. The highest BCUT2D eigenvalue weighted by Gasteiger charge is 2.08. The molecule has 0 aliphatic rings. The summed E-state index contributed by atoms with van der Waals surface area (Å²) in [6.45, 7) is 2.92. The number of nitrogens with one attached hydrogen (secondary N) is 2. The molecule has 0 aliphatic carbocycles. The highest BCUT2D eigenvalue weighted by atomic mass is 35.5. The summed E-state index contributed by atoms with van der Waals surface area (Å²) >= 11 is 11.1. The number of fused-ring (bicyclic) bond motifs is 1. The Kier molecular flexibility index (Phi) is 4.04. The summed E-state index contributed by atoms with van der Waals surface area (Å²) in [7, 11) is 0. The Morgan fingerprint density at radius 1 is 1.56 bits per heavy atom. The predicted octanol–water partition coefficient (Wildman–Crippen LogP) is 2.88. The molecule has 0 fully saturated rings. The molecule has 1 heterocycles. The molecule has 2 N–H and O–H groups in total. The molecular weight excluding hydrogens is 270 g/mol. The summed E-state index contributed by atoms with van der Waals surface area (Å²) < 4.78 is 2.30. The average molecular weight is 284 g/mol. The Hall–Kier alpha value is -1.33. The number of halogens is 1. The Morgan fingerprint density at radius 2 is 2.33 bits per heavy atom. The van der Waals surface area contributed by atoms with Crippen LogP contribution >= 0.6 is 23.8 Å². The van der Waals surface area contributed by atoms with Gasteiger partial charge in [-0.05, 0) is 36.8 Å². The fourth-order valence-electron chi connectivity index (χ4n) is 1.76. The first-order valence-electron chi connectivity index (χ1n) is 5.76. The van der Waals surface area contributed by atoms with Gasteiger partial charge >= 0.3 is 0 Å². The van der Waals surface area contributed by atoms with Crippen LogP contribution in [0.3, 0.4) is 0 Å². The van der Waals surface area contributed by atoms with Crippen LogP contribution in [-0.2, 0) is 11.3 Å². The van der Waals surface area contributed by atoms with Crippen molar-refractivity contribution in [2.45, 2.75) is 19.9 Å². The van der Waals surface area contributed by atoms with E-state index in [1.165, 1.54) is 0 Å². The molecule has 2 rings (SSSR count). The molecule has 0 atom stereocenters. The van der Waals surface area contributed by atoms with Crippen LogP contribution in [0.4, 0.5) is 0 Å². The minimum Gasteiger partial charge on any atom is -0.355 e. The maximum Gasteiger partial charge on any atom is 0.240 e. The van der Waals surface area contributed by atoms with Crippen molar-refractivity contribution in [3.63, 3.8) is 0 Å². The van der Waals surface area contributed by atoms with Crippen molar-refractivity contribution in [3.8, 4) is 0 Å². The quantitative estimate of drug-likeness (QED) is 0.848. The van der Waals surface area contributed by atoms with Crippen LogP contribution in [0.5, 0.6) is 0 Å². The lowest BCUT2D eigenvalue weighted by Gasteiger charge is -2.05. The topological polar surface area (TPSA) is 49.8 Å². The molecule has 1 amide bonds. The Bertz CT molecular complexity index is 632. The van der Waals surface area contributed by atoms with Crippen molar-refractivity contribution in [1.29, 1.82) is 0 Å². The van der Waals surface area contributed by atoms with E-state index < -0.39 is 0 Å². The molecular formula is C12H14ClN3OS. The summed E-state index contributed by atoms with van der Waals surface area (Å²) in [5.74, 6) is -0.0381. The zero-order valence-corrected chi connectivity index (χ0v) is 11.6. The van der Waals surface area contributed by atoms with Crippen LogP contribution < -0.4 is 5.32 Å². The van der Waals surface area contributed by atoms with E-state index >= 15 is 0 Å². The lowest BCUT2D eigenvalue weighted by atomic mass is 10.3. The van der Waals surface area contributed by atoms with E-state index in [0.717, 1.165) is 17.5 Å². The maximum absolute atomic E-state index is 11.7. The number of imidazole rings is 1. The normalized spacial score (nSPS) is 10.8. The molecule has 0 aliphatic heterocycles. The summed E-state index contributed by atoms with van der Waals surface area (Å²) in [6.07, 6.45) is 0.917. The highest BCUT2D eigenvalue weighted by molar-refractivity contribution is 7.71. The van der Waals surface area contributed by atoms with Gasteiger partial charge in [0.1, 0.15) is 6.54 Å². The van der Waals surface area contributed by atoms with Crippen molar-refractivity contribution < 1.29 is 4.79 Å². The molecule has 96 valence electrons. The largest absolute Gasteiger partial charge is 0.355 e. The molecule has 0 unspecified atom stereocenters. The second-order valence-electron chi connectivity index (χ2n) is 4.03. The summed E-state index contributed by atoms with van der Waals surface area (Å²) in [6, 6.07) is 5.44. The van der Waals surface area contributed by atoms with Gasteiger partial charge < -0.3 is 14.9 Å². The number of rotatable bonds is 4. The van der Waals surface area contributed by atoms with Gasteiger partial charge in [-0.1, -0.05) is 18.5 Å². The average Bonchev–Trinajstić information content (AvgIpc) is 2.62. The van der Waals surface area contributed by atoms with E-state index in [2.05, 4.69) is 10.3 Å². The zero-order valence-electron chi connectivity index (χ0n) is 10.00. The predicted molar refractivity (Wildman–Crippen MR) is 75.4 cm³/mol. The third-order valence-electron chi connectivity index (χ3n) is 2.61. The fourth-order valence-corrected chi connectivity index (χ4v) is 2.20. The van der Waals surface area contributed by atoms with Gasteiger partial charge in [0, 0.05) is 11.6 Å². The summed E-state index contributed by atoms with van der Waals surface area (Å²) in [4.78, 5) is 14.8. The number of aromatic nitrogens is 2. The SMILES string of the molecule is CCCNC(=O)Cn1c(=S)[nH]c2cc(Cl)ccc21. The van der Waals surface area contributed by atoms with Gasteiger partial charge in [-0.15, -0.1) is 0 Å². The van der Waals surface area contributed by atoms with E-state index in [9.17, 15) is 4.79 Å². The van der Waals surface area contributed by atoms with Crippen LogP contribution in [0.1, 0.15) is 13.3 Å². The van der Waals surface area contributed by atoms with E-state index in [0.29, 0.717) is 16.3 Å². The van der Waals surface area contributed by atoms with Crippen molar-refractivity contribution in [2.75, 3.05) is 6.54 Å². The van der Waals surface area contributed by atoms with Gasteiger partial charge in [-0.3, -0.25) is 4.79 Å². The van der Waals surface area contributed by atoms with Crippen molar-refractivity contribution in [3.05, 3.63) is 28.0 Å². The molecule has 0 spiro atoms. The number of carbonyl (C=O) groups excluding carboxylic acids is 1. The minimum absolute atomic E-state index is 0.0381. The lowest BCUT2D eigenvalue weighted by molar-refractivity contribution is -0.121. The highest BCUT2D eigenvalue weighted by Crippen LogP contribution is 2.18. The smallest absolute Gasteiger partial charge is 0.240 e. The van der Waals surface area contributed by atoms with Gasteiger partial charge in [-0.25, -0.2) is 0 Å². The molecule has 0 saturated heterocycles. The maximum atomic E-state index is 11.7. The summed E-state index contributed by atoms with van der Waals surface area (Å²) in [5, 5.41) is 3.47. The third-order valence-corrected chi connectivity index (χ3v) is 3.17. The second-order valence-corrected chi connectivity index (χ2v) is 4.85. The Balaban J connectivity index is 2.30. The lowest BCUT2D eigenvalue weighted by Crippen LogP contribution is -2.28. The van der Waals surface area contributed by atoms with Gasteiger partial charge in [-0.2, -0.15) is 0 Å². The number of benzene rings is 1. The zero-order chi connectivity index (χ0) is 13.1. The fraction of sp³-hybridized carbons (Fsp3) is 0.333. The molecule has 1 aromatic carbocycles. The van der Waals surface area contributed by atoms with E-state index in [1.807, 2.05) is 13.0 Å². The van der Waals surface area contributed by atoms with Gasteiger partial charge in [0.05, 0.1) is 11.0 Å². The van der Waals surface area contributed by atoms with Crippen molar-refractivity contribution in [2.24, 2.45) is 0 Å². The van der Waals surface area contributed by atoms with Gasteiger partial charge in [0.15, 0.2) is 4.77 Å². The molecule has 0 radical (unpaired) electrons. The second kappa shape index (κ2) is 5.54. The monoisotopic (exact) mass is 283 g/mol. The van der Waals surface area contributed by atoms with Crippen LogP contribution in [-0.4, -0.2) is 22.0 Å². The Morgan fingerprint density at radius 3 is 3.06 bits per heavy atom. The first kappa shape index (κ1) is 13.1. The molecule has 0 bridgehead atoms. The summed E-state index contributed by atoms with van der Waals surface area (Å²) in [5.41, 5.74) is 1.73. The van der Waals surface area contributed by atoms with Gasteiger partial charge in [0.2, 0.25) is 5.91 Å². The number of aromatic amines is 1. The van der Waals surface area contributed by atoms with Crippen LogP contribution in [0, 0.1) is 4.77 Å². The molecule has 4 nitrogen and oxygen atoms in total. The van der Waals surface area contributed by atoms with Crippen molar-refractivity contribution >= 4 is 40.8 Å². The number of carbonyl (C=O) groups is 1. The van der Waals surface area contributed by atoms with Crippen LogP contribution in [0.15, 0.2) is 18.2 Å². The van der Waals surface area contributed by atoms with Crippen LogP contribution in [0.2, 0.25) is 5.02 Å². The molecule has 0 saturated carbocycles. The number of hydrogen-bond donors (Lipinski definition) is 2. The van der Waals surface area contributed by atoms with Gasteiger partial charge in [0.25, 0.3) is 0 Å². The standard InChI is InChI=1S/C12H14ClN3OS/c1-2-5-14-11(17)7-16-10-4-3-8(13)6-9(10)15-12(16)18/h3-4,6H,2,5,7H2,1H3,(H,14,17)(H,15,18). The van der Waals surface area contributed by atoms with Crippen LogP contribution in [0.25, 0.3) is 11.0 Å². The molecule has 6 heteroatoms.